The predicted octanol–water partition coefficient (Wildman–Crippen LogP) is -6.42. The Morgan fingerprint density at radius 1 is 0.818 bits per heavy atom. The van der Waals surface area contributed by atoms with Crippen LogP contribution >= 0.6 is 0 Å². The minimum Gasteiger partial charge on any atom is -0.379 e. The highest BCUT2D eigenvalue weighted by molar-refractivity contribution is 6.10. The number of amides is 3. The lowest BCUT2D eigenvalue weighted by molar-refractivity contribution is -0.433. The minimum absolute atomic E-state index is 0.129. The number of nitrogens with one attached hydrogen (secondary N) is 2. The highest BCUT2D eigenvalue weighted by atomic mass is 16.6. The van der Waals surface area contributed by atoms with Gasteiger partial charge in [-0.2, -0.15) is 0 Å². The molecule has 2 saturated heterocycles. The predicted molar refractivity (Wildman–Crippen MR) is 136 cm³/mol. The maximum atomic E-state index is 13.3. The van der Waals surface area contributed by atoms with Gasteiger partial charge in [0, 0.05) is 29.9 Å². The summed E-state index contributed by atoms with van der Waals surface area (Å²) in [7, 11) is 0. The highest BCUT2D eigenvalue weighted by Gasteiger charge is 2.79. The average molecular weight is 625 g/mol. The van der Waals surface area contributed by atoms with Crippen molar-refractivity contribution < 1.29 is 75.3 Å². The molecule has 0 radical (unpaired) electrons. The number of carbonyl (C=O) groups is 3. The monoisotopic (exact) mass is 624 g/mol. The van der Waals surface area contributed by atoms with Crippen molar-refractivity contribution in [2.75, 3.05) is 31.6 Å². The molecule has 0 aromatic heterocycles. The largest absolute Gasteiger partial charge is 0.379 e. The lowest BCUT2D eigenvalue weighted by Gasteiger charge is -2.51. The number of hydrogen-bond donors (Lipinski definition) is 13. The number of morpholine rings is 1. The van der Waals surface area contributed by atoms with Crippen molar-refractivity contribution in [2.24, 2.45) is 0 Å². The molecule has 19 nitrogen and oxygen atoms in total. The number of aliphatic hydroxyl groups is 11. The molecule has 5 rings (SSSR count). The van der Waals surface area contributed by atoms with Crippen LogP contribution < -0.4 is 10.6 Å². The first kappa shape index (κ1) is 31.7. The van der Waals surface area contributed by atoms with Crippen molar-refractivity contribution in [2.45, 2.75) is 35.0 Å². The zero-order valence-corrected chi connectivity index (χ0v) is 22.3. The standard InChI is InChI=1S/C25H28N4O15/c30-17-14-5-2-6-15(16(14)24(40,41)29(17)20(33)18(31)26-19(32)21(34,35)25(20,42)43)27-22(36,37)12-3-1-4-13(11-12)23(38,39)28-7-9-44-10-8-28/h1-6,11,27,33-43H,7-10H2,(H,26,31,32). The van der Waals surface area contributed by atoms with Gasteiger partial charge in [-0.15, -0.1) is 0 Å². The maximum Gasteiger partial charge on any atom is 0.306 e. The highest BCUT2D eigenvalue weighted by Crippen LogP contribution is 2.48. The summed E-state index contributed by atoms with van der Waals surface area (Å²) < 4.78 is 5.19. The van der Waals surface area contributed by atoms with Gasteiger partial charge in [-0.05, 0) is 18.2 Å². The number of hydrogen-bond acceptors (Lipinski definition) is 17. The van der Waals surface area contributed by atoms with Crippen molar-refractivity contribution in [3.05, 3.63) is 64.7 Å². The van der Waals surface area contributed by atoms with Crippen LogP contribution in [0.5, 0.6) is 0 Å². The van der Waals surface area contributed by atoms with Gasteiger partial charge in [-0.3, -0.25) is 19.7 Å². The second-order valence-corrected chi connectivity index (χ2v) is 10.4. The van der Waals surface area contributed by atoms with E-state index < -0.39 is 80.0 Å². The van der Waals surface area contributed by atoms with Crippen molar-refractivity contribution in [3.63, 3.8) is 0 Å². The van der Waals surface area contributed by atoms with Crippen LogP contribution in [0.4, 0.5) is 5.69 Å². The Morgan fingerprint density at radius 2 is 1.41 bits per heavy atom. The number of carbonyl (C=O) groups excluding carboxylic acids is 3. The molecule has 3 aliphatic rings. The fraction of sp³-hybridized carbons (Fsp3) is 0.400. The fourth-order valence-electron chi connectivity index (χ4n) is 5.30. The Hall–Kier alpha value is -3.67. The third-order valence-electron chi connectivity index (χ3n) is 7.71. The molecule has 3 heterocycles. The molecular formula is C25H28N4O15. The molecule has 2 aromatic rings. The first-order chi connectivity index (χ1) is 20.2. The van der Waals surface area contributed by atoms with Gasteiger partial charge < -0.3 is 66.2 Å². The Kier molecular flexibility index (Phi) is 7.16. The topological polar surface area (TPSA) is 314 Å². The molecule has 3 aliphatic heterocycles. The number of fused-ring (bicyclic) bond motifs is 1. The van der Waals surface area contributed by atoms with E-state index in [1.165, 1.54) is 22.3 Å². The van der Waals surface area contributed by atoms with E-state index in [1.807, 2.05) is 0 Å². The van der Waals surface area contributed by atoms with Crippen molar-refractivity contribution in [1.82, 2.24) is 15.1 Å². The number of rotatable bonds is 6. The van der Waals surface area contributed by atoms with E-state index in [2.05, 4.69) is 5.32 Å². The average Bonchev–Trinajstić information content (AvgIpc) is 3.17. The lowest BCUT2D eigenvalue weighted by atomic mass is 9.86. The van der Waals surface area contributed by atoms with Gasteiger partial charge in [-0.1, -0.05) is 24.3 Å². The molecule has 1 unspecified atom stereocenters. The molecule has 2 aromatic carbocycles. The summed E-state index contributed by atoms with van der Waals surface area (Å²) in [5.74, 6) is -24.8. The molecule has 19 heteroatoms. The second-order valence-electron chi connectivity index (χ2n) is 10.4. The van der Waals surface area contributed by atoms with Crippen LogP contribution in [0, 0.1) is 0 Å². The number of benzene rings is 2. The van der Waals surface area contributed by atoms with Gasteiger partial charge in [-0.25, -0.2) is 9.80 Å². The fourth-order valence-corrected chi connectivity index (χ4v) is 5.30. The summed E-state index contributed by atoms with van der Waals surface area (Å²) in [6.45, 7) is 0.657. The van der Waals surface area contributed by atoms with Crippen LogP contribution in [-0.4, -0.2) is 127 Å². The Labute approximate surface area is 245 Å². The Morgan fingerprint density at radius 3 is 2.05 bits per heavy atom. The van der Waals surface area contributed by atoms with Crippen molar-refractivity contribution >= 4 is 23.4 Å². The summed E-state index contributed by atoms with van der Waals surface area (Å²) in [4.78, 5) is 38.4. The van der Waals surface area contributed by atoms with Crippen LogP contribution in [0.3, 0.4) is 0 Å². The molecule has 0 saturated carbocycles. The summed E-state index contributed by atoms with van der Waals surface area (Å²) >= 11 is 0. The van der Waals surface area contributed by atoms with Gasteiger partial charge in [0.05, 0.1) is 24.3 Å². The van der Waals surface area contributed by atoms with Crippen LogP contribution in [0.15, 0.2) is 42.5 Å². The zero-order valence-electron chi connectivity index (χ0n) is 22.3. The molecule has 0 spiro atoms. The van der Waals surface area contributed by atoms with Gasteiger partial charge in [0.25, 0.3) is 47.0 Å². The third-order valence-corrected chi connectivity index (χ3v) is 7.71. The van der Waals surface area contributed by atoms with E-state index in [-0.39, 0.29) is 31.9 Å². The lowest BCUT2D eigenvalue weighted by Crippen LogP contribution is -2.87. The van der Waals surface area contributed by atoms with Gasteiger partial charge in [0.2, 0.25) is 0 Å². The SMILES string of the molecule is O=C1c2cccc(NC(O)(O)c3cccc(C(O)(O)N4CCOCC4)c3)c2C(O)(O)N1C1(O)C(=O)NC(=O)C(O)(O)C1(O)O. The smallest absolute Gasteiger partial charge is 0.306 e. The summed E-state index contributed by atoms with van der Waals surface area (Å²) in [5, 5.41) is 121. The first-order valence-corrected chi connectivity index (χ1v) is 12.7. The normalized spacial score (nSPS) is 25.1. The third kappa shape index (κ3) is 4.31. The van der Waals surface area contributed by atoms with Gasteiger partial charge in [0.15, 0.2) is 0 Å². The van der Waals surface area contributed by atoms with Crippen LogP contribution in [0.25, 0.3) is 0 Å². The summed E-state index contributed by atoms with van der Waals surface area (Å²) in [5.41, 5.74) is -7.47. The van der Waals surface area contributed by atoms with Gasteiger partial charge in [0.1, 0.15) is 0 Å². The molecule has 2 fully saturated rings. The molecule has 0 aliphatic carbocycles. The summed E-state index contributed by atoms with van der Waals surface area (Å²) in [6, 6.07) is 7.59. The van der Waals surface area contributed by atoms with E-state index in [0.29, 0.717) is 0 Å². The number of anilines is 1. The van der Waals surface area contributed by atoms with Crippen LogP contribution in [-0.2, 0) is 32.1 Å². The Balaban J connectivity index is 1.53. The maximum absolute atomic E-state index is 13.3. The molecule has 1 atom stereocenters. The van der Waals surface area contributed by atoms with Crippen molar-refractivity contribution in [3.8, 4) is 0 Å². The number of nitrogens with zero attached hydrogens (tertiary/aromatic N) is 2. The van der Waals surface area contributed by atoms with E-state index in [1.54, 1.807) is 0 Å². The molecule has 0 bridgehead atoms. The van der Waals surface area contributed by atoms with Crippen LogP contribution in [0.1, 0.15) is 27.0 Å². The number of imide groups is 1. The summed E-state index contributed by atoms with van der Waals surface area (Å²) in [6.07, 6.45) is 0. The molecular weight excluding hydrogens is 596 g/mol. The van der Waals surface area contributed by atoms with E-state index >= 15 is 0 Å². The quantitative estimate of drug-likeness (QED) is 0.105. The van der Waals surface area contributed by atoms with E-state index in [9.17, 15) is 70.6 Å². The second kappa shape index (κ2) is 9.92. The minimum atomic E-state index is -4.67. The first-order valence-electron chi connectivity index (χ1n) is 12.7. The Bertz CT molecular complexity index is 1540. The molecule has 238 valence electrons. The zero-order chi connectivity index (χ0) is 32.7. The van der Waals surface area contributed by atoms with E-state index in [0.717, 1.165) is 30.3 Å². The van der Waals surface area contributed by atoms with Crippen molar-refractivity contribution in [1.29, 1.82) is 0 Å². The van der Waals surface area contributed by atoms with E-state index in [4.69, 9.17) is 4.74 Å². The number of ether oxygens (including phenoxy) is 1. The molecule has 13 N–H and O–H groups in total. The van der Waals surface area contributed by atoms with Crippen LogP contribution in [0.2, 0.25) is 0 Å². The molecule has 44 heavy (non-hydrogen) atoms. The van der Waals surface area contributed by atoms with Gasteiger partial charge >= 0.3 is 5.79 Å². The number of piperidine rings is 1. The molecule has 3 amide bonds.